The molecule has 3 rings (SSSR count). The first-order chi connectivity index (χ1) is 12.5. The zero-order valence-electron chi connectivity index (χ0n) is 15.6. The molecule has 1 aromatic carbocycles. The van der Waals surface area contributed by atoms with Gasteiger partial charge in [0.2, 0.25) is 0 Å². The Bertz CT molecular complexity index is 780. The zero-order chi connectivity index (χ0) is 18.7. The van der Waals surface area contributed by atoms with E-state index in [2.05, 4.69) is 19.0 Å². The molecule has 138 valence electrons. The van der Waals surface area contributed by atoms with E-state index in [0.717, 1.165) is 6.42 Å². The molecule has 6 heteroatoms. The highest BCUT2D eigenvalue weighted by atomic mass is 16.5. The van der Waals surface area contributed by atoms with Crippen LogP contribution in [-0.4, -0.2) is 52.9 Å². The summed E-state index contributed by atoms with van der Waals surface area (Å²) in [6.07, 6.45) is 0.748. The van der Waals surface area contributed by atoms with Crippen molar-refractivity contribution in [2.75, 3.05) is 26.2 Å². The van der Waals surface area contributed by atoms with Gasteiger partial charge in [-0.05, 0) is 37.0 Å². The molecule has 0 spiro atoms. The Labute approximate surface area is 153 Å². The van der Waals surface area contributed by atoms with Crippen molar-refractivity contribution in [3.8, 4) is 0 Å². The summed E-state index contributed by atoms with van der Waals surface area (Å²) in [5.41, 5.74) is 2.24. The van der Waals surface area contributed by atoms with Crippen LogP contribution < -0.4 is 0 Å². The van der Waals surface area contributed by atoms with Crippen molar-refractivity contribution in [2.24, 2.45) is 0 Å². The molecule has 1 aliphatic rings. The highest BCUT2D eigenvalue weighted by Gasteiger charge is 2.25. The number of hydrogen-bond donors (Lipinski definition) is 0. The summed E-state index contributed by atoms with van der Waals surface area (Å²) in [4.78, 5) is 28.9. The van der Waals surface area contributed by atoms with Crippen molar-refractivity contribution >= 4 is 11.8 Å². The van der Waals surface area contributed by atoms with Crippen molar-refractivity contribution in [2.45, 2.75) is 33.1 Å². The minimum absolute atomic E-state index is 0.0203. The molecular formula is C20H25N3O3. The second-order valence-corrected chi connectivity index (χ2v) is 7.04. The second kappa shape index (κ2) is 7.72. The van der Waals surface area contributed by atoms with E-state index < -0.39 is 0 Å². The van der Waals surface area contributed by atoms with Crippen LogP contribution in [0.3, 0.4) is 0 Å². The molecule has 0 saturated carbocycles. The summed E-state index contributed by atoms with van der Waals surface area (Å²) in [6.45, 7) is 8.31. The molecular weight excluding hydrogens is 330 g/mol. The molecule has 1 fully saturated rings. The number of aryl methyl sites for hydroxylation is 1. The first kappa shape index (κ1) is 18.2. The molecule has 1 aliphatic heterocycles. The van der Waals surface area contributed by atoms with Gasteiger partial charge in [0.05, 0.1) is 0 Å². The van der Waals surface area contributed by atoms with Gasteiger partial charge in [-0.1, -0.05) is 31.1 Å². The van der Waals surface area contributed by atoms with Crippen LogP contribution in [0.15, 0.2) is 34.9 Å². The van der Waals surface area contributed by atoms with E-state index in [4.69, 9.17) is 4.52 Å². The lowest BCUT2D eigenvalue weighted by atomic mass is 10.0. The molecule has 0 unspecified atom stereocenters. The number of carbonyl (C=O) groups is 2. The summed E-state index contributed by atoms with van der Waals surface area (Å²) in [5.74, 6) is 0.936. The highest BCUT2D eigenvalue weighted by Crippen LogP contribution is 2.17. The average molecular weight is 355 g/mol. The van der Waals surface area contributed by atoms with Gasteiger partial charge >= 0.3 is 0 Å². The monoisotopic (exact) mass is 355 g/mol. The normalized spacial score (nSPS) is 15.2. The summed E-state index contributed by atoms with van der Waals surface area (Å²) < 4.78 is 4.99. The maximum absolute atomic E-state index is 12.8. The molecule has 2 aromatic rings. The van der Waals surface area contributed by atoms with Gasteiger partial charge in [-0.25, -0.2) is 0 Å². The van der Waals surface area contributed by atoms with Crippen molar-refractivity contribution in [3.05, 3.63) is 52.9 Å². The third-order valence-corrected chi connectivity index (χ3v) is 4.74. The fourth-order valence-corrected chi connectivity index (χ4v) is 3.15. The van der Waals surface area contributed by atoms with Gasteiger partial charge in [0, 0.05) is 37.8 Å². The second-order valence-electron chi connectivity index (χ2n) is 7.04. The summed E-state index contributed by atoms with van der Waals surface area (Å²) in [6, 6.07) is 9.45. The van der Waals surface area contributed by atoms with E-state index in [1.54, 1.807) is 17.9 Å². The van der Waals surface area contributed by atoms with Crippen molar-refractivity contribution in [1.82, 2.24) is 15.0 Å². The number of aromatic nitrogens is 1. The summed E-state index contributed by atoms with van der Waals surface area (Å²) in [7, 11) is 0. The minimum atomic E-state index is -0.141. The van der Waals surface area contributed by atoms with Crippen LogP contribution in [0.1, 0.15) is 58.4 Å². The Balaban J connectivity index is 1.64. The zero-order valence-corrected chi connectivity index (χ0v) is 15.6. The molecule has 0 atom stereocenters. The molecule has 0 radical (unpaired) electrons. The summed E-state index contributed by atoms with van der Waals surface area (Å²) in [5, 5.41) is 3.80. The van der Waals surface area contributed by atoms with Crippen LogP contribution in [0.5, 0.6) is 0 Å². The first-order valence-electron chi connectivity index (χ1n) is 9.07. The molecule has 0 aliphatic carbocycles. The van der Waals surface area contributed by atoms with Crippen LogP contribution in [0.25, 0.3) is 0 Å². The van der Waals surface area contributed by atoms with E-state index in [1.165, 1.54) is 5.56 Å². The van der Waals surface area contributed by atoms with Crippen LogP contribution in [0.4, 0.5) is 0 Å². The van der Waals surface area contributed by atoms with E-state index in [0.29, 0.717) is 49.1 Å². The van der Waals surface area contributed by atoms with Crippen LogP contribution in [-0.2, 0) is 0 Å². The number of carbonyl (C=O) groups excluding carboxylic acids is 2. The predicted octanol–water partition coefficient (Wildman–Crippen LogP) is 3.09. The number of hydrogen-bond acceptors (Lipinski definition) is 4. The maximum Gasteiger partial charge on any atom is 0.276 e. The maximum atomic E-state index is 12.8. The Hall–Kier alpha value is -2.63. The molecule has 6 nitrogen and oxygen atoms in total. The predicted molar refractivity (Wildman–Crippen MR) is 98.2 cm³/mol. The average Bonchev–Trinajstić information content (AvgIpc) is 2.93. The molecule has 0 N–H and O–H groups in total. The van der Waals surface area contributed by atoms with Crippen LogP contribution in [0, 0.1) is 6.92 Å². The lowest BCUT2D eigenvalue weighted by Crippen LogP contribution is -2.37. The van der Waals surface area contributed by atoms with Gasteiger partial charge in [-0.15, -0.1) is 0 Å². The number of benzene rings is 1. The van der Waals surface area contributed by atoms with E-state index in [9.17, 15) is 9.59 Å². The fraction of sp³-hybridized carbons (Fsp3) is 0.450. The van der Waals surface area contributed by atoms with E-state index >= 15 is 0 Å². The Kier molecular flexibility index (Phi) is 5.40. The first-order valence-corrected chi connectivity index (χ1v) is 9.07. The molecule has 1 saturated heterocycles. The van der Waals surface area contributed by atoms with Gasteiger partial charge in [-0.2, -0.15) is 0 Å². The number of amides is 2. The third kappa shape index (κ3) is 3.95. The van der Waals surface area contributed by atoms with Crippen molar-refractivity contribution in [1.29, 1.82) is 0 Å². The lowest BCUT2D eigenvalue weighted by Gasteiger charge is -2.22. The molecule has 26 heavy (non-hydrogen) atoms. The van der Waals surface area contributed by atoms with E-state index in [1.807, 2.05) is 29.2 Å². The standard InChI is InChI=1S/C20H25N3O3/c1-14(2)16-5-7-17(8-6-16)19(24)22-9-4-10-23(12-11-22)20(25)18-13-15(3)26-21-18/h5-8,13-14H,4,9-12H2,1-3H3. The SMILES string of the molecule is Cc1cc(C(=O)N2CCCN(C(=O)c3ccc(C(C)C)cc3)CC2)no1. The van der Waals surface area contributed by atoms with Gasteiger partial charge in [0.15, 0.2) is 5.69 Å². The van der Waals surface area contributed by atoms with Crippen LogP contribution in [0.2, 0.25) is 0 Å². The molecule has 2 amide bonds. The molecule has 2 heterocycles. The highest BCUT2D eigenvalue weighted by molar-refractivity contribution is 5.95. The topological polar surface area (TPSA) is 66.7 Å². The van der Waals surface area contributed by atoms with Gasteiger partial charge in [-0.3, -0.25) is 9.59 Å². The van der Waals surface area contributed by atoms with Gasteiger partial charge in [0.1, 0.15) is 5.76 Å². The number of rotatable bonds is 3. The third-order valence-electron chi connectivity index (χ3n) is 4.74. The smallest absolute Gasteiger partial charge is 0.276 e. The molecule has 1 aromatic heterocycles. The molecule has 0 bridgehead atoms. The Morgan fingerprint density at radius 1 is 1.00 bits per heavy atom. The van der Waals surface area contributed by atoms with Crippen LogP contribution >= 0.6 is 0 Å². The van der Waals surface area contributed by atoms with E-state index in [-0.39, 0.29) is 11.8 Å². The van der Waals surface area contributed by atoms with Crippen molar-refractivity contribution in [3.63, 3.8) is 0 Å². The largest absolute Gasteiger partial charge is 0.361 e. The Morgan fingerprint density at radius 3 is 2.15 bits per heavy atom. The number of nitrogens with zero attached hydrogens (tertiary/aromatic N) is 3. The summed E-state index contributed by atoms with van der Waals surface area (Å²) >= 11 is 0. The van der Waals surface area contributed by atoms with Crippen molar-refractivity contribution < 1.29 is 14.1 Å². The minimum Gasteiger partial charge on any atom is -0.361 e. The fourth-order valence-electron chi connectivity index (χ4n) is 3.15. The Morgan fingerprint density at radius 2 is 1.62 bits per heavy atom. The van der Waals surface area contributed by atoms with Gasteiger partial charge < -0.3 is 14.3 Å². The quantitative estimate of drug-likeness (QED) is 0.848. The lowest BCUT2D eigenvalue weighted by molar-refractivity contribution is 0.0713. The van der Waals surface area contributed by atoms with Gasteiger partial charge in [0.25, 0.3) is 11.8 Å².